The number of halogens is 2. The third-order valence-electron chi connectivity index (χ3n) is 2.76. The SMILES string of the molecule is CCOCCCN=C(N)NCCNC(=O)c1ccc(Br)cc1.I. The van der Waals surface area contributed by atoms with Crippen LogP contribution in [0, 0.1) is 0 Å². The Labute approximate surface area is 162 Å². The Bertz CT molecular complexity index is 483. The lowest BCUT2D eigenvalue weighted by Crippen LogP contribution is -2.38. The summed E-state index contributed by atoms with van der Waals surface area (Å²) < 4.78 is 6.15. The monoisotopic (exact) mass is 498 g/mol. The Morgan fingerprint density at radius 3 is 2.57 bits per heavy atom. The predicted octanol–water partition coefficient (Wildman–Crippen LogP) is 2.13. The summed E-state index contributed by atoms with van der Waals surface area (Å²) in [6.07, 6.45) is 0.844. The summed E-state index contributed by atoms with van der Waals surface area (Å²) in [4.78, 5) is 16.0. The summed E-state index contributed by atoms with van der Waals surface area (Å²) >= 11 is 3.33. The van der Waals surface area contributed by atoms with Crippen LogP contribution in [-0.2, 0) is 4.74 Å². The number of carbonyl (C=O) groups excluding carboxylic acids is 1. The van der Waals surface area contributed by atoms with Gasteiger partial charge in [0.15, 0.2) is 5.96 Å². The average molecular weight is 499 g/mol. The number of benzene rings is 1. The second-order valence-corrected chi connectivity index (χ2v) is 5.42. The zero-order valence-corrected chi connectivity index (χ0v) is 17.1. The van der Waals surface area contributed by atoms with Gasteiger partial charge in [-0.3, -0.25) is 9.79 Å². The number of amides is 1. The fraction of sp³-hybridized carbons (Fsp3) is 0.467. The van der Waals surface area contributed by atoms with Crippen molar-refractivity contribution in [3.8, 4) is 0 Å². The van der Waals surface area contributed by atoms with Gasteiger partial charge in [-0.1, -0.05) is 15.9 Å². The molecular weight excluding hydrogens is 475 g/mol. The number of nitrogens with two attached hydrogens (primary N) is 1. The minimum atomic E-state index is -0.110. The second-order valence-electron chi connectivity index (χ2n) is 4.51. The molecule has 0 aromatic heterocycles. The summed E-state index contributed by atoms with van der Waals surface area (Å²) in [6.45, 7) is 5.00. The molecule has 0 aliphatic rings. The van der Waals surface area contributed by atoms with Gasteiger partial charge in [0.05, 0.1) is 0 Å². The van der Waals surface area contributed by atoms with Crippen molar-refractivity contribution >= 4 is 51.8 Å². The van der Waals surface area contributed by atoms with Crippen LogP contribution in [0.1, 0.15) is 23.7 Å². The van der Waals surface area contributed by atoms with Crippen LogP contribution in [-0.4, -0.2) is 44.7 Å². The van der Waals surface area contributed by atoms with E-state index in [0.29, 0.717) is 37.8 Å². The number of carbonyl (C=O) groups is 1. The van der Waals surface area contributed by atoms with Gasteiger partial charge in [-0.15, -0.1) is 24.0 Å². The minimum Gasteiger partial charge on any atom is -0.382 e. The lowest BCUT2D eigenvalue weighted by molar-refractivity contribution is 0.0954. The maximum Gasteiger partial charge on any atom is 0.251 e. The smallest absolute Gasteiger partial charge is 0.251 e. The van der Waals surface area contributed by atoms with Gasteiger partial charge in [-0.05, 0) is 37.6 Å². The lowest BCUT2D eigenvalue weighted by Gasteiger charge is -2.08. The molecule has 0 fully saturated rings. The van der Waals surface area contributed by atoms with E-state index in [1.807, 2.05) is 19.1 Å². The molecule has 23 heavy (non-hydrogen) atoms. The number of nitrogens with zero attached hydrogens (tertiary/aromatic N) is 1. The van der Waals surface area contributed by atoms with E-state index in [4.69, 9.17) is 10.5 Å². The zero-order valence-electron chi connectivity index (χ0n) is 13.2. The first-order valence-corrected chi connectivity index (χ1v) is 8.08. The molecule has 0 radical (unpaired) electrons. The van der Waals surface area contributed by atoms with E-state index in [1.165, 1.54) is 0 Å². The fourth-order valence-electron chi connectivity index (χ4n) is 1.64. The van der Waals surface area contributed by atoms with Crippen LogP contribution in [0.15, 0.2) is 33.7 Å². The first-order chi connectivity index (χ1) is 10.6. The van der Waals surface area contributed by atoms with Gasteiger partial charge >= 0.3 is 0 Å². The molecule has 0 heterocycles. The van der Waals surface area contributed by atoms with E-state index in [0.717, 1.165) is 17.5 Å². The Morgan fingerprint density at radius 1 is 1.26 bits per heavy atom. The van der Waals surface area contributed by atoms with Crippen LogP contribution < -0.4 is 16.4 Å². The van der Waals surface area contributed by atoms with Crippen molar-refractivity contribution in [3.63, 3.8) is 0 Å². The Balaban J connectivity index is 0.00000484. The third-order valence-corrected chi connectivity index (χ3v) is 3.28. The van der Waals surface area contributed by atoms with Gasteiger partial charge in [0, 0.05) is 42.9 Å². The first-order valence-electron chi connectivity index (χ1n) is 7.28. The highest BCUT2D eigenvalue weighted by Crippen LogP contribution is 2.10. The minimum absolute atomic E-state index is 0. The van der Waals surface area contributed by atoms with Crippen LogP contribution in [0.5, 0.6) is 0 Å². The Morgan fingerprint density at radius 2 is 1.91 bits per heavy atom. The molecule has 130 valence electrons. The quantitative estimate of drug-likeness (QED) is 0.210. The summed E-state index contributed by atoms with van der Waals surface area (Å²) in [5.41, 5.74) is 6.34. The van der Waals surface area contributed by atoms with Gasteiger partial charge in [0.2, 0.25) is 0 Å². The van der Waals surface area contributed by atoms with Crippen LogP contribution >= 0.6 is 39.9 Å². The maximum atomic E-state index is 11.8. The summed E-state index contributed by atoms with van der Waals surface area (Å²) in [5, 5.41) is 5.76. The van der Waals surface area contributed by atoms with E-state index in [2.05, 4.69) is 31.6 Å². The molecule has 1 amide bonds. The van der Waals surface area contributed by atoms with Crippen LogP contribution in [0.25, 0.3) is 0 Å². The highest BCUT2D eigenvalue weighted by atomic mass is 127. The number of rotatable bonds is 9. The molecule has 4 N–H and O–H groups in total. The molecule has 1 aromatic rings. The molecule has 0 saturated heterocycles. The molecule has 0 bridgehead atoms. The van der Waals surface area contributed by atoms with Crippen LogP contribution in [0.2, 0.25) is 0 Å². The van der Waals surface area contributed by atoms with Crippen molar-refractivity contribution in [2.75, 3.05) is 32.8 Å². The van der Waals surface area contributed by atoms with Crippen molar-refractivity contribution in [2.24, 2.45) is 10.7 Å². The maximum absolute atomic E-state index is 11.8. The van der Waals surface area contributed by atoms with Gasteiger partial charge in [0.1, 0.15) is 0 Å². The molecule has 6 nitrogen and oxygen atoms in total. The van der Waals surface area contributed by atoms with Gasteiger partial charge in [0.25, 0.3) is 5.91 Å². The molecule has 0 aliphatic carbocycles. The van der Waals surface area contributed by atoms with Crippen molar-refractivity contribution in [1.82, 2.24) is 10.6 Å². The standard InChI is InChI=1S/C15H23BrN4O2.HI/c1-2-22-11-3-8-19-15(17)20-10-9-18-14(21)12-4-6-13(16)7-5-12;/h4-7H,2-3,8-11H2,1H3,(H,18,21)(H3,17,19,20);1H. The number of guanidine groups is 1. The number of aliphatic imine (C=N–C) groups is 1. The van der Waals surface area contributed by atoms with E-state index < -0.39 is 0 Å². The normalized spacial score (nSPS) is 10.8. The van der Waals surface area contributed by atoms with E-state index in [9.17, 15) is 4.79 Å². The van der Waals surface area contributed by atoms with Crippen molar-refractivity contribution in [3.05, 3.63) is 34.3 Å². The van der Waals surface area contributed by atoms with Gasteiger partial charge in [-0.25, -0.2) is 0 Å². The number of hydrogen-bond acceptors (Lipinski definition) is 3. The second kappa shape index (κ2) is 13.6. The molecule has 0 saturated carbocycles. The van der Waals surface area contributed by atoms with Crippen molar-refractivity contribution in [1.29, 1.82) is 0 Å². The van der Waals surface area contributed by atoms with E-state index >= 15 is 0 Å². The fourth-order valence-corrected chi connectivity index (χ4v) is 1.90. The molecule has 1 rings (SSSR count). The molecule has 0 aliphatic heterocycles. The lowest BCUT2D eigenvalue weighted by atomic mass is 10.2. The third kappa shape index (κ3) is 10.5. The van der Waals surface area contributed by atoms with Gasteiger partial charge < -0.3 is 21.1 Å². The van der Waals surface area contributed by atoms with E-state index in [1.54, 1.807) is 12.1 Å². The summed E-state index contributed by atoms with van der Waals surface area (Å²) in [6, 6.07) is 7.20. The van der Waals surface area contributed by atoms with Crippen molar-refractivity contribution in [2.45, 2.75) is 13.3 Å². The molecule has 8 heteroatoms. The molecule has 0 atom stereocenters. The zero-order chi connectivity index (χ0) is 16.2. The summed E-state index contributed by atoms with van der Waals surface area (Å²) in [5.74, 6) is 0.274. The highest BCUT2D eigenvalue weighted by molar-refractivity contribution is 14.0. The first kappa shape index (κ1) is 22.1. The molecule has 0 spiro atoms. The van der Waals surface area contributed by atoms with Gasteiger partial charge in [-0.2, -0.15) is 0 Å². The molecule has 0 unspecified atom stereocenters. The average Bonchev–Trinajstić information content (AvgIpc) is 2.52. The molecular formula is C15H24BrIN4O2. The van der Waals surface area contributed by atoms with E-state index in [-0.39, 0.29) is 29.9 Å². The number of ether oxygens (including phenoxy) is 1. The Hall–Kier alpha value is -0.870. The van der Waals surface area contributed by atoms with Crippen LogP contribution in [0.3, 0.4) is 0 Å². The predicted molar refractivity (Wildman–Crippen MR) is 107 cm³/mol. The molecule has 1 aromatic carbocycles. The highest BCUT2D eigenvalue weighted by Gasteiger charge is 2.03. The number of nitrogens with one attached hydrogen (secondary N) is 2. The Kier molecular flexibility index (Phi) is 13.0. The van der Waals surface area contributed by atoms with Crippen molar-refractivity contribution < 1.29 is 9.53 Å². The summed E-state index contributed by atoms with van der Waals surface area (Å²) in [7, 11) is 0. The van der Waals surface area contributed by atoms with Crippen LogP contribution in [0.4, 0.5) is 0 Å². The largest absolute Gasteiger partial charge is 0.382 e. The topological polar surface area (TPSA) is 88.7 Å². The number of hydrogen-bond donors (Lipinski definition) is 3.